The van der Waals surface area contributed by atoms with Gasteiger partial charge in [0.2, 0.25) is 21.8 Å². The molecule has 2 aliphatic rings. The third-order valence-electron chi connectivity index (χ3n) is 5.60. The Bertz CT molecular complexity index is 823. The van der Waals surface area contributed by atoms with Crippen molar-refractivity contribution in [3.8, 4) is 0 Å². The maximum Gasteiger partial charge on any atom is 0.243 e. The number of nitrogens with zero attached hydrogens (tertiary/aromatic N) is 1. The Kier molecular flexibility index (Phi) is 7.54. The Labute approximate surface area is 177 Å². The number of halogens is 1. The van der Waals surface area contributed by atoms with Crippen molar-refractivity contribution in [3.05, 3.63) is 29.3 Å². The van der Waals surface area contributed by atoms with Crippen LogP contribution in [0.15, 0.2) is 29.2 Å². The fourth-order valence-electron chi connectivity index (χ4n) is 3.97. The molecule has 1 heterocycles. The lowest BCUT2D eigenvalue weighted by molar-refractivity contribution is -0.129. The minimum Gasteiger partial charge on any atom is -0.352 e. The third kappa shape index (κ3) is 5.93. The first-order valence-electron chi connectivity index (χ1n) is 10.2. The van der Waals surface area contributed by atoms with E-state index in [0.717, 1.165) is 25.7 Å². The lowest BCUT2D eigenvalue weighted by Crippen LogP contribution is -2.48. The van der Waals surface area contributed by atoms with Crippen molar-refractivity contribution in [3.63, 3.8) is 0 Å². The van der Waals surface area contributed by atoms with Gasteiger partial charge in [0.05, 0.1) is 17.4 Å². The van der Waals surface area contributed by atoms with E-state index in [1.54, 1.807) is 0 Å². The summed E-state index contributed by atoms with van der Waals surface area (Å²) >= 11 is 5.84. The van der Waals surface area contributed by atoms with Crippen LogP contribution in [0.4, 0.5) is 0 Å². The number of hydrogen-bond donors (Lipinski definition) is 2. The molecular weight excluding hydrogens is 414 g/mol. The van der Waals surface area contributed by atoms with E-state index in [9.17, 15) is 18.0 Å². The molecule has 0 spiro atoms. The molecule has 1 saturated carbocycles. The number of sulfonamides is 1. The Morgan fingerprint density at radius 3 is 2.41 bits per heavy atom. The van der Waals surface area contributed by atoms with Crippen LogP contribution >= 0.6 is 11.6 Å². The van der Waals surface area contributed by atoms with Crippen molar-refractivity contribution in [2.75, 3.05) is 19.6 Å². The summed E-state index contributed by atoms with van der Waals surface area (Å²) in [6.45, 7) is 0.410. The molecule has 0 radical (unpaired) electrons. The number of carbonyl (C=O) groups is 2. The van der Waals surface area contributed by atoms with Gasteiger partial charge in [-0.25, -0.2) is 8.42 Å². The van der Waals surface area contributed by atoms with Crippen molar-refractivity contribution in [2.45, 2.75) is 55.9 Å². The molecule has 1 aromatic carbocycles. The minimum absolute atomic E-state index is 0.0736. The van der Waals surface area contributed by atoms with Gasteiger partial charge in [-0.05, 0) is 49.9 Å². The fourth-order valence-corrected chi connectivity index (χ4v) is 5.62. The number of carbonyl (C=O) groups excluding carboxylic acids is 2. The van der Waals surface area contributed by atoms with E-state index in [-0.39, 0.29) is 35.8 Å². The third-order valence-corrected chi connectivity index (χ3v) is 7.73. The highest BCUT2D eigenvalue weighted by molar-refractivity contribution is 7.89. The Morgan fingerprint density at radius 1 is 1.03 bits per heavy atom. The quantitative estimate of drug-likeness (QED) is 0.708. The molecule has 2 fully saturated rings. The number of nitrogens with one attached hydrogen (secondary N) is 2. The Hall–Kier alpha value is -1.64. The fraction of sp³-hybridized carbons (Fsp3) is 0.600. The SMILES string of the molecule is O=C(CNC(=O)[C@H]1CCCN(S(=O)(=O)c2ccc(Cl)cc2)C1)NC1CCCCC1. The number of amides is 2. The van der Waals surface area contributed by atoms with Gasteiger partial charge in [-0.3, -0.25) is 9.59 Å². The average Bonchev–Trinajstić information content (AvgIpc) is 2.73. The molecule has 1 aromatic rings. The van der Waals surface area contributed by atoms with Crippen LogP contribution in [-0.4, -0.2) is 50.2 Å². The predicted octanol–water partition coefficient (Wildman–Crippen LogP) is 2.31. The summed E-state index contributed by atoms with van der Waals surface area (Å²) in [5.41, 5.74) is 0. The van der Waals surface area contributed by atoms with Crippen LogP contribution in [0, 0.1) is 5.92 Å². The topological polar surface area (TPSA) is 95.6 Å². The summed E-state index contributed by atoms with van der Waals surface area (Å²) in [7, 11) is -3.68. The van der Waals surface area contributed by atoms with Crippen LogP contribution < -0.4 is 10.6 Å². The van der Waals surface area contributed by atoms with Gasteiger partial charge in [0.15, 0.2) is 0 Å². The summed E-state index contributed by atoms with van der Waals surface area (Å²) in [6.07, 6.45) is 6.62. The van der Waals surface area contributed by atoms with Gasteiger partial charge in [-0.2, -0.15) is 4.31 Å². The second kappa shape index (κ2) is 9.91. The van der Waals surface area contributed by atoms with Crippen molar-refractivity contribution in [1.82, 2.24) is 14.9 Å². The monoisotopic (exact) mass is 441 g/mol. The van der Waals surface area contributed by atoms with Gasteiger partial charge in [0.25, 0.3) is 0 Å². The number of rotatable bonds is 6. The zero-order chi connectivity index (χ0) is 20.9. The molecule has 1 aliphatic carbocycles. The smallest absolute Gasteiger partial charge is 0.243 e. The molecule has 1 aliphatic heterocycles. The number of hydrogen-bond acceptors (Lipinski definition) is 4. The molecule has 160 valence electrons. The number of benzene rings is 1. The zero-order valence-corrected chi connectivity index (χ0v) is 18.0. The standard InChI is InChI=1S/C20H28ClN3O4S/c21-16-8-10-18(11-9-16)29(27,28)24-12-4-5-15(14-24)20(26)22-13-19(25)23-17-6-2-1-3-7-17/h8-11,15,17H,1-7,12-14H2,(H,22,26)(H,23,25)/t15-/m0/s1. The van der Waals surface area contributed by atoms with Crippen LogP contribution in [0.25, 0.3) is 0 Å². The second-order valence-electron chi connectivity index (χ2n) is 7.78. The number of piperidine rings is 1. The van der Waals surface area contributed by atoms with Crippen LogP contribution in [0.3, 0.4) is 0 Å². The van der Waals surface area contributed by atoms with E-state index in [0.29, 0.717) is 24.4 Å². The van der Waals surface area contributed by atoms with Gasteiger partial charge >= 0.3 is 0 Å². The summed E-state index contributed by atoms with van der Waals surface area (Å²) in [5.74, 6) is -0.931. The zero-order valence-electron chi connectivity index (χ0n) is 16.4. The van der Waals surface area contributed by atoms with Crippen molar-refractivity contribution in [2.24, 2.45) is 5.92 Å². The lowest BCUT2D eigenvalue weighted by atomic mass is 9.95. The second-order valence-corrected chi connectivity index (χ2v) is 10.2. The van der Waals surface area contributed by atoms with E-state index in [4.69, 9.17) is 11.6 Å². The maximum atomic E-state index is 12.8. The molecule has 0 aromatic heterocycles. The van der Waals surface area contributed by atoms with E-state index >= 15 is 0 Å². The molecule has 1 atom stereocenters. The molecule has 0 bridgehead atoms. The van der Waals surface area contributed by atoms with Gasteiger partial charge < -0.3 is 10.6 Å². The summed E-state index contributed by atoms with van der Waals surface area (Å²) in [5, 5.41) is 6.10. The van der Waals surface area contributed by atoms with Gasteiger partial charge in [0, 0.05) is 24.2 Å². The first kappa shape index (κ1) is 22.1. The van der Waals surface area contributed by atoms with Crippen LogP contribution in [-0.2, 0) is 19.6 Å². The largest absolute Gasteiger partial charge is 0.352 e. The highest BCUT2D eigenvalue weighted by Gasteiger charge is 2.33. The van der Waals surface area contributed by atoms with Crippen molar-refractivity contribution in [1.29, 1.82) is 0 Å². The van der Waals surface area contributed by atoms with Crippen molar-refractivity contribution >= 4 is 33.4 Å². The van der Waals surface area contributed by atoms with E-state index < -0.39 is 15.9 Å². The van der Waals surface area contributed by atoms with E-state index in [1.165, 1.54) is 35.0 Å². The highest BCUT2D eigenvalue weighted by Crippen LogP contribution is 2.25. The van der Waals surface area contributed by atoms with E-state index in [1.807, 2.05) is 0 Å². The maximum absolute atomic E-state index is 12.8. The molecule has 0 unspecified atom stereocenters. The van der Waals surface area contributed by atoms with E-state index in [2.05, 4.69) is 10.6 Å². The van der Waals surface area contributed by atoms with Crippen LogP contribution in [0.1, 0.15) is 44.9 Å². The minimum atomic E-state index is -3.68. The normalized spacial score (nSPS) is 21.5. The molecule has 1 saturated heterocycles. The molecule has 2 N–H and O–H groups in total. The summed E-state index contributed by atoms with van der Waals surface area (Å²) < 4.78 is 27.0. The first-order chi connectivity index (χ1) is 13.9. The van der Waals surface area contributed by atoms with Gasteiger partial charge in [-0.1, -0.05) is 30.9 Å². The first-order valence-corrected chi connectivity index (χ1v) is 12.0. The predicted molar refractivity (Wildman–Crippen MR) is 111 cm³/mol. The molecule has 3 rings (SSSR count). The van der Waals surface area contributed by atoms with Gasteiger partial charge in [-0.15, -0.1) is 0 Å². The molecule has 7 nitrogen and oxygen atoms in total. The highest BCUT2D eigenvalue weighted by atomic mass is 35.5. The Morgan fingerprint density at radius 2 is 1.72 bits per heavy atom. The molecule has 2 amide bonds. The molecule has 29 heavy (non-hydrogen) atoms. The van der Waals surface area contributed by atoms with Crippen LogP contribution in [0.5, 0.6) is 0 Å². The molecular formula is C20H28ClN3O4S. The van der Waals surface area contributed by atoms with Gasteiger partial charge in [0.1, 0.15) is 0 Å². The summed E-state index contributed by atoms with van der Waals surface area (Å²) in [4.78, 5) is 24.8. The van der Waals surface area contributed by atoms with Crippen LogP contribution in [0.2, 0.25) is 5.02 Å². The lowest BCUT2D eigenvalue weighted by Gasteiger charge is -2.31. The summed E-state index contributed by atoms with van der Waals surface area (Å²) in [6, 6.07) is 6.21. The Balaban J connectivity index is 1.52. The molecule has 9 heteroatoms. The average molecular weight is 442 g/mol. The van der Waals surface area contributed by atoms with Crippen molar-refractivity contribution < 1.29 is 18.0 Å².